The third-order valence-corrected chi connectivity index (χ3v) is 11.7. The maximum Gasteiger partial charge on any atom is 0.296 e. The largest absolute Gasteiger partial charge is 0.301 e. The standard InChI is InChI=1S/C28H32N2O6S3/c1-20-7-11-24(12-8-20)39(34,35)36-16-4-18-38(32,33)23-13-9-22(10-14-23)28(19-25(28)21-5-2-3-6-21)26(31)30-27-29-15-17-37-27/h7-15,17,21,25H,2-6,16,18-19H2,1H3,(H,29,30,31). The molecule has 3 aromatic rings. The Labute approximate surface area is 233 Å². The van der Waals surface area contributed by atoms with Crippen molar-refractivity contribution in [3.63, 3.8) is 0 Å². The summed E-state index contributed by atoms with van der Waals surface area (Å²) in [5.41, 5.74) is 1.06. The lowest BCUT2D eigenvalue weighted by Crippen LogP contribution is -2.31. The molecule has 0 aliphatic heterocycles. The molecule has 0 bridgehead atoms. The Kier molecular flexibility index (Phi) is 7.96. The number of hydrogen-bond donors (Lipinski definition) is 1. The van der Waals surface area contributed by atoms with Crippen molar-refractivity contribution in [3.05, 3.63) is 71.2 Å². The van der Waals surface area contributed by atoms with E-state index in [9.17, 15) is 21.6 Å². The number of amides is 1. The molecular formula is C28H32N2O6S3. The second-order valence-corrected chi connectivity index (χ2v) is 15.0. The van der Waals surface area contributed by atoms with Crippen LogP contribution in [0.15, 0.2) is 69.9 Å². The quantitative estimate of drug-likeness (QED) is 0.244. The van der Waals surface area contributed by atoms with Gasteiger partial charge in [-0.15, -0.1) is 11.3 Å². The lowest BCUT2D eigenvalue weighted by atomic mass is 9.87. The van der Waals surface area contributed by atoms with Gasteiger partial charge < -0.3 is 5.32 Å². The Balaban J connectivity index is 1.24. The van der Waals surface area contributed by atoms with Gasteiger partial charge >= 0.3 is 0 Å². The van der Waals surface area contributed by atoms with Crippen LogP contribution in [0.4, 0.5) is 5.13 Å². The Bertz CT molecular complexity index is 1510. The van der Waals surface area contributed by atoms with E-state index in [1.165, 1.54) is 36.3 Å². The second kappa shape index (κ2) is 11.1. The molecule has 2 aromatic carbocycles. The van der Waals surface area contributed by atoms with E-state index in [0.717, 1.165) is 30.4 Å². The molecule has 0 spiro atoms. The molecular weight excluding hydrogens is 557 g/mol. The Hall–Kier alpha value is -2.60. The van der Waals surface area contributed by atoms with Gasteiger partial charge in [0.1, 0.15) is 0 Å². The number of nitrogens with zero attached hydrogens (tertiary/aromatic N) is 1. The minimum absolute atomic E-state index is 0.0269. The highest BCUT2D eigenvalue weighted by atomic mass is 32.2. The zero-order valence-corrected chi connectivity index (χ0v) is 24.2. The van der Waals surface area contributed by atoms with Crippen molar-refractivity contribution in [2.24, 2.45) is 11.8 Å². The number of hydrogen-bond acceptors (Lipinski definition) is 8. The molecule has 1 heterocycles. The van der Waals surface area contributed by atoms with Gasteiger partial charge in [-0.25, -0.2) is 13.4 Å². The lowest BCUT2D eigenvalue weighted by Gasteiger charge is -2.20. The van der Waals surface area contributed by atoms with Crippen molar-refractivity contribution in [3.8, 4) is 0 Å². The van der Waals surface area contributed by atoms with E-state index in [-0.39, 0.29) is 40.4 Å². The Morgan fingerprint density at radius 2 is 1.69 bits per heavy atom. The summed E-state index contributed by atoms with van der Waals surface area (Å²) in [5, 5.41) is 5.34. The molecule has 0 radical (unpaired) electrons. The van der Waals surface area contributed by atoms with E-state index < -0.39 is 25.4 Å². The number of benzene rings is 2. The second-order valence-electron chi connectivity index (χ2n) is 10.4. The fraction of sp³-hybridized carbons (Fsp3) is 0.429. The summed E-state index contributed by atoms with van der Waals surface area (Å²) in [6, 6.07) is 12.9. The number of sulfone groups is 1. The highest BCUT2D eigenvalue weighted by Crippen LogP contribution is 2.61. The predicted octanol–water partition coefficient (Wildman–Crippen LogP) is 5.11. The SMILES string of the molecule is Cc1ccc(S(=O)(=O)OCCCS(=O)(=O)c2ccc(C3(C(=O)Nc4nccs4)CC3C3CCCC3)cc2)cc1. The topological polar surface area (TPSA) is 120 Å². The van der Waals surface area contributed by atoms with Crippen LogP contribution in [0.5, 0.6) is 0 Å². The highest BCUT2D eigenvalue weighted by Gasteiger charge is 2.63. The molecule has 2 saturated carbocycles. The van der Waals surface area contributed by atoms with E-state index in [1.807, 2.05) is 12.3 Å². The summed E-state index contributed by atoms with van der Waals surface area (Å²) in [6.45, 7) is 1.61. The number of rotatable bonds is 11. The number of nitrogens with one attached hydrogen (secondary N) is 1. The van der Waals surface area contributed by atoms with Crippen molar-refractivity contribution in [2.75, 3.05) is 17.7 Å². The van der Waals surface area contributed by atoms with Gasteiger partial charge in [0.15, 0.2) is 15.0 Å². The van der Waals surface area contributed by atoms with Crippen LogP contribution >= 0.6 is 11.3 Å². The number of anilines is 1. The zero-order chi connectivity index (χ0) is 27.7. The molecule has 1 amide bonds. The molecule has 8 nitrogen and oxygen atoms in total. The number of carbonyl (C=O) groups is 1. The van der Waals surface area contributed by atoms with Gasteiger partial charge in [-0.2, -0.15) is 8.42 Å². The van der Waals surface area contributed by atoms with Crippen molar-refractivity contribution in [1.82, 2.24) is 4.98 Å². The van der Waals surface area contributed by atoms with Crippen LogP contribution in [0.3, 0.4) is 0 Å². The minimum atomic E-state index is -3.95. The number of thiazole rings is 1. The van der Waals surface area contributed by atoms with Crippen LogP contribution < -0.4 is 5.32 Å². The lowest BCUT2D eigenvalue weighted by molar-refractivity contribution is -0.119. The summed E-state index contributed by atoms with van der Waals surface area (Å²) >= 11 is 1.37. The van der Waals surface area contributed by atoms with Gasteiger partial charge in [-0.3, -0.25) is 8.98 Å². The normalized spacial score (nSPS) is 21.6. The third kappa shape index (κ3) is 5.96. The average Bonchev–Trinajstić information content (AvgIpc) is 3.24. The summed E-state index contributed by atoms with van der Waals surface area (Å²) in [7, 11) is -7.61. The van der Waals surface area contributed by atoms with Crippen LogP contribution in [-0.2, 0) is 34.3 Å². The first-order valence-corrected chi connectivity index (χ1v) is 17.1. The fourth-order valence-corrected chi connectivity index (χ4v) is 8.45. The van der Waals surface area contributed by atoms with Gasteiger partial charge in [0.2, 0.25) is 5.91 Å². The van der Waals surface area contributed by atoms with Gasteiger partial charge in [-0.1, -0.05) is 55.5 Å². The van der Waals surface area contributed by atoms with E-state index >= 15 is 0 Å². The zero-order valence-electron chi connectivity index (χ0n) is 21.7. The first kappa shape index (κ1) is 27.9. The van der Waals surface area contributed by atoms with Crippen molar-refractivity contribution < 1.29 is 25.8 Å². The van der Waals surface area contributed by atoms with Crippen LogP contribution in [0, 0.1) is 18.8 Å². The summed E-state index contributed by atoms with van der Waals surface area (Å²) in [5.74, 6) is 0.384. The van der Waals surface area contributed by atoms with Gasteiger partial charge in [0, 0.05) is 11.6 Å². The molecule has 2 unspecified atom stereocenters. The van der Waals surface area contributed by atoms with Crippen molar-refractivity contribution in [2.45, 2.75) is 60.7 Å². The number of aryl methyl sites for hydroxylation is 1. The smallest absolute Gasteiger partial charge is 0.296 e. The molecule has 1 N–H and O–H groups in total. The van der Waals surface area contributed by atoms with E-state index in [2.05, 4.69) is 10.3 Å². The number of carbonyl (C=O) groups excluding carboxylic acids is 1. The molecule has 1 aromatic heterocycles. The summed E-state index contributed by atoms with van der Waals surface area (Å²) in [6.07, 6.45) is 7.01. The summed E-state index contributed by atoms with van der Waals surface area (Å²) in [4.78, 5) is 17.9. The van der Waals surface area contributed by atoms with Crippen LogP contribution in [0.2, 0.25) is 0 Å². The Morgan fingerprint density at radius 1 is 1.03 bits per heavy atom. The molecule has 39 heavy (non-hydrogen) atoms. The molecule has 2 aliphatic carbocycles. The average molecular weight is 589 g/mol. The van der Waals surface area contributed by atoms with Gasteiger partial charge in [-0.05, 0) is 61.4 Å². The summed E-state index contributed by atoms with van der Waals surface area (Å²) < 4.78 is 55.7. The molecule has 5 rings (SSSR count). The van der Waals surface area contributed by atoms with Gasteiger partial charge in [0.05, 0.1) is 27.6 Å². The van der Waals surface area contributed by atoms with Crippen LogP contribution in [-0.4, -0.2) is 40.1 Å². The molecule has 2 aliphatic rings. The number of aromatic nitrogens is 1. The Morgan fingerprint density at radius 3 is 2.33 bits per heavy atom. The van der Waals surface area contributed by atoms with Crippen LogP contribution in [0.25, 0.3) is 0 Å². The van der Waals surface area contributed by atoms with E-state index in [4.69, 9.17) is 4.18 Å². The molecule has 2 fully saturated rings. The monoisotopic (exact) mass is 588 g/mol. The molecule has 0 saturated heterocycles. The fourth-order valence-electron chi connectivity index (χ4n) is 5.70. The molecule has 11 heteroatoms. The first-order valence-electron chi connectivity index (χ1n) is 13.1. The third-order valence-electron chi connectivity index (χ3n) is 7.88. The first-order chi connectivity index (χ1) is 18.6. The van der Waals surface area contributed by atoms with Crippen molar-refractivity contribution in [1.29, 1.82) is 0 Å². The van der Waals surface area contributed by atoms with Gasteiger partial charge in [0.25, 0.3) is 10.1 Å². The van der Waals surface area contributed by atoms with E-state index in [0.29, 0.717) is 11.0 Å². The maximum absolute atomic E-state index is 13.5. The van der Waals surface area contributed by atoms with E-state index in [1.54, 1.807) is 42.6 Å². The van der Waals surface area contributed by atoms with Crippen LogP contribution in [0.1, 0.15) is 49.7 Å². The van der Waals surface area contributed by atoms with Crippen molar-refractivity contribution >= 4 is 42.3 Å². The predicted molar refractivity (Wildman–Crippen MR) is 150 cm³/mol. The molecule has 208 valence electrons. The highest BCUT2D eigenvalue weighted by molar-refractivity contribution is 7.91. The molecule has 2 atom stereocenters. The minimum Gasteiger partial charge on any atom is -0.301 e. The maximum atomic E-state index is 13.5.